The van der Waals surface area contributed by atoms with E-state index in [1.54, 1.807) is 7.11 Å². The van der Waals surface area contributed by atoms with E-state index in [0.29, 0.717) is 12.5 Å². The molecular weight excluding hydrogens is 202 g/mol. The van der Waals surface area contributed by atoms with Crippen LogP contribution in [0.5, 0.6) is 5.75 Å². The quantitative estimate of drug-likeness (QED) is 0.840. The van der Waals surface area contributed by atoms with Crippen molar-refractivity contribution in [3.63, 3.8) is 0 Å². The molecule has 0 bridgehead atoms. The van der Waals surface area contributed by atoms with E-state index in [0.717, 1.165) is 17.7 Å². The van der Waals surface area contributed by atoms with Crippen molar-refractivity contribution in [3.05, 3.63) is 29.8 Å². The molecule has 1 aromatic rings. The molecule has 1 aromatic carbocycles. The summed E-state index contributed by atoms with van der Waals surface area (Å²) in [6, 6.07) is 7.74. The summed E-state index contributed by atoms with van der Waals surface area (Å²) in [4.78, 5) is 11.6. The lowest BCUT2D eigenvalue weighted by Crippen LogP contribution is -2.24. The number of hydrogen-bond donors (Lipinski definition) is 1. The van der Waals surface area contributed by atoms with Gasteiger partial charge in [-0.25, -0.2) is 0 Å². The third-order valence-electron chi connectivity index (χ3n) is 3.07. The monoisotopic (exact) mass is 219 g/mol. The van der Waals surface area contributed by atoms with E-state index in [2.05, 4.69) is 12.2 Å². The Bertz CT molecular complexity index is 372. The minimum Gasteiger partial charge on any atom is -0.497 e. The van der Waals surface area contributed by atoms with Gasteiger partial charge >= 0.3 is 0 Å². The molecule has 1 fully saturated rings. The number of nitrogens with one attached hydrogen (secondary N) is 1. The largest absolute Gasteiger partial charge is 0.497 e. The molecule has 0 heterocycles. The van der Waals surface area contributed by atoms with E-state index in [4.69, 9.17) is 4.74 Å². The van der Waals surface area contributed by atoms with Crippen molar-refractivity contribution in [3.8, 4) is 5.75 Å². The Balaban J connectivity index is 1.82. The standard InChI is InChI=1S/C13H17NO2/c1-9-7-12(9)13(15)14-8-10-3-5-11(16-2)6-4-10/h3-6,9,12H,7-8H2,1-2H3,(H,14,15)/t9-,12-/m1/s1. The molecule has 0 spiro atoms. The van der Waals surface area contributed by atoms with Gasteiger partial charge in [0.2, 0.25) is 5.91 Å². The third kappa shape index (κ3) is 2.54. The number of benzene rings is 1. The number of amides is 1. The van der Waals surface area contributed by atoms with Crippen molar-refractivity contribution in [1.29, 1.82) is 0 Å². The Kier molecular flexibility index (Phi) is 3.13. The van der Waals surface area contributed by atoms with Gasteiger partial charge in [0.25, 0.3) is 0 Å². The van der Waals surface area contributed by atoms with Gasteiger partial charge in [0, 0.05) is 12.5 Å². The van der Waals surface area contributed by atoms with Crippen LogP contribution >= 0.6 is 0 Å². The Morgan fingerprint density at radius 2 is 2.06 bits per heavy atom. The Morgan fingerprint density at radius 3 is 2.56 bits per heavy atom. The van der Waals surface area contributed by atoms with Crippen molar-refractivity contribution in [1.82, 2.24) is 5.32 Å². The molecule has 3 nitrogen and oxygen atoms in total. The third-order valence-corrected chi connectivity index (χ3v) is 3.07. The van der Waals surface area contributed by atoms with Gasteiger partial charge in [0.1, 0.15) is 5.75 Å². The number of hydrogen-bond acceptors (Lipinski definition) is 2. The summed E-state index contributed by atoms with van der Waals surface area (Å²) in [6.07, 6.45) is 1.04. The van der Waals surface area contributed by atoms with Gasteiger partial charge in [-0.2, -0.15) is 0 Å². The van der Waals surface area contributed by atoms with Gasteiger partial charge < -0.3 is 10.1 Å². The summed E-state index contributed by atoms with van der Waals surface area (Å²) < 4.78 is 5.07. The minimum absolute atomic E-state index is 0.184. The molecule has 3 heteroatoms. The van der Waals surface area contributed by atoms with E-state index in [9.17, 15) is 4.79 Å². The van der Waals surface area contributed by atoms with Crippen molar-refractivity contribution in [2.24, 2.45) is 11.8 Å². The van der Waals surface area contributed by atoms with Crippen LogP contribution in [0.2, 0.25) is 0 Å². The van der Waals surface area contributed by atoms with Gasteiger partial charge in [0.05, 0.1) is 7.11 Å². The van der Waals surface area contributed by atoms with Crippen LogP contribution in [0.1, 0.15) is 18.9 Å². The van der Waals surface area contributed by atoms with Crippen LogP contribution in [0.3, 0.4) is 0 Å². The fraction of sp³-hybridized carbons (Fsp3) is 0.462. The number of rotatable bonds is 4. The summed E-state index contributed by atoms with van der Waals surface area (Å²) in [5.74, 6) is 1.84. The highest BCUT2D eigenvalue weighted by Gasteiger charge is 2.38. The summed E-state index contributed by atoms with van der Waals surface area (Å²) >= 11 is 0. The van der Waals surface area contributed by atoms with Gasteiger partial charge in [0.15, 0.2) is 0 Å². The predicted octanol–water partition coefficient (Wildman–Crippen LogP) is 1.97. The summed E-state index contributed by atoms with van der Waals surface area (Å²) in [5, 5.41) is 2.95. The van der Waals surface area contributed by atoms with Gasteiger partial charge in [-0.15, -0.1) is 0 Å². The summed E-state index contributed by atoms with van der Waals surface area (Å²) in [7, 11) is 1.64. The molecule has 16 heavy (non-hydrogen) atoms. The molecule has 1 aliphatic rings. The van der Waals surface area contributed by atoms with Crippen LogP contribution in [0.15, 0.2) is 24.3 Å². The highest BCUT2D eigenvalue weighted by atomic mass is 16.5. The van der Waals surface area contributed by atoms with Crippen molar-refractivity contribution >= 4 is 5.91 Å². The molecule has 0 aromatic heterocycles. The lowest BCUT2D eigenvalue weighted by Gasteiger charge is -2.05. The second-order valence-electron chi connectivity index (χ2n) is 4.39. The Labute approximate surface area is 95.8 Å². The van der Waals surface area contributed by atoms with Crippen molar-refractivity contribution in [2.75, 3.05) is 7.11 Å². The summed E-state index contributed by atoms with van der Waals surface area (Å²) in [6.45, 7) is 2.71. The van der Waals surface area contributed by atoms with Crippen LogP contribution in [0.25, 0.3) is 0 Å². The van der Waals surface area contributed by atoms with Crippen LogP contribution in [0, 0.1) is 11.8 Å². The number of ether oxygens (including phenoxy) is 1. The normalized spacial score (nSPS) is 22.6. The molecule has 1 aliphatic carbocycles. The van der Waals surface area contributed by atoms with Gasteiger partial charge in [-0.1, -0.05) is 19.1 Å². The molecule has 1 saturated carbocycles. The van der Waals surface area contributed by atoms with Crippen LogP contribution in [-0.4, -0.2) is 13.0 Å². The minimum atomic E-state index is 0.184. The first-order chi connectivity index (χ1) is 7.70. The molecular formula is C13H17NO2. The zero-order chi connectivity index (χ0) is 11.5. The maximum atomic E-state index is 11.6. The predicted molar refractivity (Wildman–Crippen MR) is 62.1 cm³/mol. The van der Waals surface area contributed by atoms with Crippen LogP contribution in [0.4, 0.5) is 0 Å². The molecule has 0 aliphatic heterocycles. The Morgan fingerprint density at radius 1 is 1.44 bits per heavy atom. The van der Waals surface area contributed by atoms with E-state index < -0.39 is 0 Å². The molecule has 0 unspecified atom stereocenters. The molecule has 86 valence electrons. The SMILES string of the molecule is COc1ccc(CNC(=O)[C@@H]2C[C@H]2C)cc1. The lowest BCUT2D eigenvalue weighted by molar-refractivity contribution is -0.122. The average molecular weight is 219 g/mol. The zero-order valence-corrected chi connectivity index (χ0v) is 9.69. The first-order valence-corrected chi connectivity index (χ1v) is 5.61. The number of methoxy groups -OCH3 is 1. The maximum Gasteiger partial charge on any atom is 0.223 e. The smallest absolute Gasteiger partial charge is 0.223 e. The van der Waals surface area contributed by atoms with Crippen LogP contribution < -0.4 is 10.1 Å². The highest BCUT2D eigenvalue weighted by molar-refractivity contribution is 5.81. The molecule has 0 radical (unpaired) electrons. The highest BCUT2D eigenvalue weighted by Crippen LogP contribution is 2.37. The first kappa shape index (κ1) is 11.0. The number of carbonyl (C=O) groups is 1. The fourth-order valence-electron chi connectivity index (χ4n) is 1.75. The maximum absolute atomic E-state index is 11.6. The Hall–Kier alpha value is -1.51. The second kappa shape index (κ2) is 4.56. The molecule has 2 atom stereocenters. The fourth-order valence-corrected chi connectivity index (χ4v) is 1.75. The van der Waals surface area contributed by atoms with E-state index >= 15 is 0 Å². The molecule has 1 amide bonds. The van der Waals surface area contributed by atoms with Crippen molar-refractivity contribution in [2.45, 2.75) is 19.9 Å². The van der Waals surface area contributed by atoms with E-state index in [1.807, 2.05) is 24.3 Å². The van der Waals surface area contributed by atoms with Crippen molar-refractivity contribution < 1.29 is 9.53 Å². The van der Waals surface area contributed by atoms with E-state index in [-0.39, 0.29) is 11.8 Å². The zero-order valence-electron chi connectivity index (χ0n) is 9.69. The number of carbonyl (C=O) groups excluding carboxylic acids is 1. The first-order valence-electron chi connectivity index (χ1n) is 5.61. The van der Waals surface area contributed by atoms with Gasteiger partial charge in [-0.3, -0.25) is 4.79 Å². The van der Waals surface area contributed by atoms with Gasteiger partial charge in [-0.05, 0) is 30.0 Å². The average Bonchev–Trinajstić information content (AvgIpc) is 3.04. The topological polar surface area (TPSA) is 38.3 Å². The lowest BCUT2D eigenvalue weighted by atomic mass is 10.2. The summed E-state index contributed by atoms with van der Waals surface area (Å²) in [5.41, 5.74) is 1.10. The second-order valence-corrected chi connectivity index (χ2v) is 4.39. The molecule has 0 saturated heterocycles. The van der Waals surface area contributed by atoms with Crippen LogP contribution in [-0.2, 0) is 11.3 Å². The van der Waals surface area contributed by atoms with E-state index in [1.165, 1.54) is 0 Å². The molecule has 2 rings (SSSR count). The molecule has 1 N–H and O–H groups in total.